The van der Waals surface area contributed by atoms with Gasteiger partial charge in [-0.2, -0.15) is 0 Å². The maximum atomic E-state index is 9.90. The van der Waals surface area contributed by atoms with Crippen molar-refractivity contribution in [3.8, 4) is 34.5 Å². The van der Waals surface area contributed by atoms with Gasteiger partial charge in [0, 0.05) is 25.2 Å². The quantitative estimate of drug-likeness (QED) is 0.152. The topological polar surface area (TPSA) is 164 Å². The number of ether oxygens (including phenoxy) is 2. The molecule has 0 aliphatic rings. The van der Waals surface area contributed by atoms with Gasteiger partial charge < -0.3 is 50.7 Å². The highest BCUT2D eigenvalue weighted by atomic mass is 16.5. The fourth-order valence-electron chi connectivity index (χ4n) is 2.56. The van der Waals surface area contributed by atoms with Crippen molar-refractivity contribution in [1.29, 1.82) is 0 Å². The average molecular weight is 438 g/mol. The van der Waals surface area contributed by atoms with Gasteiger partial charge >= 0.3 is 0 Å². The van der Waals surface area contributed by atoms with E-state index in [2.05, 4.69) is 10.6 Å². The van der Waals surface area contributed by atoms with Crippen molar-refractivity contribution >= 4 is 0 Å². The Bertz CT molecular complexity index is 739. The lowest BCUT2D eigenvalue weighted by atomic mass is 10.3. The van der Waals surface area contributed by atoms with E-state index in [0.29, 0.717) is 37.7 Å². The van der Waals surface area contributed by atoms with Crippen LogP contribution in [-0.2, 0) is 0 Å². The second-order valence-corrected chi connectivity index (χ2v) is 6.99. The van der Waals surface area contributed by atoms with Crippen LogP contribution in [0.3, 0.4) is 0 Å². The summed E-state index contributed by atoms with van der Waals surface area (Å²) in [7, 11) is 0. The largest absolute Gasteiger partial charge is 0.504 e. The second kappa shape index (κ2) is 12.7. The molecule has 0 heterocycles. The van der Waals surface area contributed by atoms with Crippen molar-refractivity contribution in [2.24, 2.45) is 0 Å². The predicted octanol–water partition coefficient (Wildman–Crippen LogP) is 0.258. The number of aliphatic hydroxyl groups is 2. The van der Waals surface area contributed by atoms with Crippen LogP contribution in [0.1, 0.15) is 6.42 Å². The highest BCUT2D eigenvalue weighted by Gasteiger charge is 2.08. The molecule has 0 bridgehead atoms. The molecule has 0 fully saturated rings. The summed E-state index contributed by atoms with van der Waals surface area (Å²) in [5.74, 6) is -0.337. The minimum absolute atomic E-state index is 0.0421. The SMILES string of the molecule is Oc1ccc(OCC(O)CNCCCNCC(O)COc2ccc(O)c(O)c2)cc1O. The smallest absolute Gasteiger partial charge is 0.161 e. The van der Waals surface area contributed by atoms with Gasteiger partial charge in [0.2, 0.25) is 0 Å². The van der Waals surface area contributed by atoms with Gasteiger partial charge in [-0.05, 0) is 43.8 Å². The summed E-state index contributed by atoms with van der Waals surface area (Å²) in [6.45, 7) is 2.06. The Morgan fingerprint density at radius 2 is 1.06 bits per heavy atom. The summed E-state index contributed by atoms with van der Waals surface area (Å²) in [6.07, 6.45) is -0.692. The Balaban J connectivity index is 1.47. The molecule has 0 amide bonds. The fraction of sp³-hybridized carbons (Fsp3) is 0.429. The summed E-state index contributed by atoms with van der Waals surface area (Å²) < 4.78 is 10.7. The molecular weight excluding hydrogens is 408 g/mol. The summed E-state index contributed by atoms with van der Waals surface area (Å²) in [5.41, 5.74) is 0. The van der Waals surface area contributed by atoms with Crippen LogP contribution in [0, 0.1) is 0 Å². The number of rotatable bonds is 14. The number of aliphatic hydroxyl groups excluding tert-OH is 2. The lowest BCUT2D eigenvalue weighted by Gasteiger charge is -2.15. The lowest BCUT2D eigenvalue weighted by molar-refractivity contribution is 0.105. The number of hydrogen-bond donors (Lipinski definition) is 8. The van der Waals surface area contributed by atoms with Crippen molar-refractivity contribution < 1.29 is 40.1 Å². The van der Waals surface area contributed by atoms with Crippen LogP contribution in [0.4, 0.5) is 0 Å². The zero-order valence-electron chi connectivity index (χ0n) is 17.1. The van der Waals surface area contributed by atoms with Crippen LogP contribution in [0.2, 0.25) is 0 Å². The molecule has 0 radical (unpaired) electrons. The van der Waals surface area contributed by atoms with Gasteiger partial charge in [0.15, 0.2) is 23.0 Å². The van der Waals surface area contributed by atoms with E-state index >= 15 is 0 Å². The van der Waals surface area contributed by atoms with Crippen molar-refractivity contribution in [3.05, 3.63) is 36.4 Å². The number of phenols is 4. The molecule has 0 saturated heterocycles. The van der Waals surface area contributed by atoms with E-state index in [1.807, 2.05) is 0 Å². The minimum Gasteiger partial charge on any atom is -0.504 e. The van der Waals surface area contributed by atoms with Crippen molar-refractivity contribution in [2.45, 2.75) is 18.6 Å². The molecule has 2 rings (SSSR count). The van der Waals surface area contributed by atoms with Crippen LogP contribution in [0.25, 0.3) is 0 Å². The molecule has 172 valence electrons. The van der Waals surface area contributed by atoms with Crippen molar-refractivity contribution in [1.82, 2.24) is 10.6 Å². The Labute approximate surface area is 180 Å². The fourth-order valence-corrected chi connectivity index (χ4v) is 2.56. The zero-order chi connectivity index (χ0) is 22.6. The highest BCUT2D eigenvalue weighted by Crippen LogP contribution is 2.29. The maximum absolute atomic E-state index is 9.90. The van der Waals surface area contributed by atoms with E-state index in [9.17, 15) is 30.6 Å². The summed E-state index contributed by atoms with van der Waals surface area (Å²) in [5, 5.41) is 63.3. The first kappa shape index (κ1) is 24.4. The van der Waals surface area contributed by atoms with Crippen LogP contribution in [-0.4, -0.2) is 82.2 Å². The number of benzene rings is 2. The van der Waals surface area contributed by atoms with Crippen LogP contribution in [0.15, 0.2) is 36.4 Å². The highest BCUT2D eigenvalue weighted by molar-refractivity contribution is 5.44. The maximum Gasteiger partial charge on any atom is 0.161 e. The van der Waals surface area contributed by atoms with E-state index < -0.39 is 12.2 Å². The normalized spacial score (nSPS) is 13.0. The molecule has 2 atom stereocenters. The minimum atomic E-state index is -0.734. The van der Waals surface area contributed by atoms with Gasteiger partial charge in [-0.1, -0.05) is 0 Å². The second-order valence-electron chi connectivity index (χ2n) is 6.99. The molecule has 0 spiro atoms. The van der Waals surface area contributed by atoms with Gasteiger partial charge in [0.1, 0.15) is 36.9 Å². The summed E-state index contributed by atoms with van der Waals surface area (Å²) >= 11 is 0. The molecule has 0 aliphatic carbocycles. The van der Waals surface area contributed by atoms with Gasteiger partial charge in [0.05, 0.1) is 0 Å². The molecule has 0 saturated carbocycles. The summed E-state index contributed by atoms with van der Waals surface area (Å²) in [4.78, 5) is 0. The molecule has 0 aromatic heterocycles. The molecule has 2 unspecified atom stereocenters. The summed E-state index contributed by atoms with van der Waals surface area (Å²) in [6, 6.07) is 8.15. The third kappa shape index (κ3) is 9.18. The molecule has 0 aliphatic heterocycles. The Morgan fingerprint density at radius 1 is 0.645 bits per heavy atom. The van der Waals surface area contributed by atoms with E-state index in [4.69, 9.17) is 9.47 Å². The van der Waals surface area contributed by atoms with Crippen molar-refractivity contribution in [2.75, 3.05) is 39.4 Å². The van der Waals surface area contributed by atoms with Crippen LogP contribution in [0.5, 0.6) is 34.5 Å². The average Bonchev–Trinajstić information content (AvgIpc) is 2.74. The van der Waals surface area contributed by atoms with Gasteiger partial charge in [-0.3, -0.25) is 0 Å². The van der Waals surface area contributed by atoms with Gasteiger partial charge in [-0.25, -0.2) is 0 Å². The Kier molecular flexibility index (Phi) is 9.98. The third-order valence-corrected chi connectivity index (χ3v) is 4.25. The molecular formula is C21H30N2O8. The Hall–Kier alpha value is -2.92. The first-order valence-electron chi connectivity index (χ1n) is 9.92. The first-order chi connectivity index (χ1) is 14.8. The van der Waals surface area contributed by atoms with Crippen LogP contribution >= 0.6 is 0 Å². The van der Waals surface area contributed by atoms with Crippen molar-refractivity contribution in [3.63, 3.8) is 0 Å². The standard InChI is InChI=1S/C21H30N2O8/c24-14(12-30-16-2-4-18(26)20(28)8-16)10-22-6-1-7-23-11-15(25)13-31-17-3-5-19(27)21(29)9-17/h2-5,8-9,14-15,22-29H,1,6-7,10-13H2. The molecule has 2 aromatic carbocycles. The van der Waals surface area contributed by atoms with E-state index in [1.165, 1.54) is 36.4 Å². The monoisotopic (exact) mass is 438 g/mol. The number of nitrogens with one attached hydrogen (secondary N) is 2. The lowest BCUT2D eigenvalue weighted by Crippen LogP contribution is -2.35. The molecule has 8 N–H and O–H groups in total. The van der Waals surface area contributed by atoms with Gasteiger partial charge in [-0.15, -0.1) is 0 Å². The third-order valence-electron chi connectivity index (χ3n) is 4.25. The Morgan fingerprint density at radius 3 is 1.45 bits per heavy atom. The predicted molar refractivity (Wildman–Crippen MR) is 113 cm³/mol. The number of hydrogen-bond acceptors (Lipinski definition) is 10. The van der Waals surface area contributed by atoms with Gasteiger partial charge in [0.25, 0.3) is 0 Å². The number of aromatic hydroxyl groups is 4. The zero-order valence-corrected chi connectivity index (χ0v) is 17.1. The van der Waals surface area contributed by atoms with E-state index in [0.717, 1.165) is 6.42 Å². The molecule has 31 heavy (non-hydrogen) atoms. The first-order valence-corrected chi connectivity index (χ1v) is 9.92. The molecule has 10 nitrogen and oxygen atoms in total. The van der Waals surface area contributed by atoms with E-state index in [-0.39, 0.29) is 36.2 Å². The van der Waals surface area contributed by atoms with Crippen LogP contribution < -0.4 is 20.1 Å². The van der Waals surface area contributed by atoms with E-state index in [1.54, 1.807) is 0 Å². The number of phenolic OH excluding ortho intramolecular Hbond substituents is 4. The molecule has 2 aromatic rings. The molecule has 10 heteroatoms.